The van der Waals surface area contributed by atoms with E-state index in [-0.39, 0.29) is 0 Å². The third-order valence-corrected chi connectivity index (χ3v) is 4.80. The largest absolute Gasteiger partial charge is 0.497 e. The van der Waals surface area contributed by atoms with Gasteiger partial charge in [-0.2, -0.15) is 0 Å². The summed E-state index contributed by atoms with van der Waals surface area (Å²) in [6.45, 7) is 6.49. The Balaban J connectivity index is 1.98. The first kappa shape index (κ1) is 23.5. The molecule has 0 bridgehead atoms. The van der Waals surface area contributed by atoms with Crippen molar-refractivity contribution < 1.29 is 14.3 Å². The van der Waals surface area contributed by atoms with Crippen molar-refractivity contribution in [3.05, 3.63) is 48.4 Å². The van der Waals surface area contributed by atoms with E-state index in [1.807, 2.05) is 51.1 Å². The number of methoxy groups -OCH3 is 1. The second-order valence-electron chi connectivity index (χ2n) is 9.00. The molecule has 0 saturated carbocycles. The van der Waals surface area contributed by atoms with Crippen LogP contribution in [0.1, 0.15) is 33.0 Å². The van der Waals surface area contributed by atoms with Crippen LogP contribution in [-0.2, 0) is 11.2 Å². The van der Waals surface area contributed by atoms with Gasteiger partial charge >= 0.3 is 6.09 Å². The van der Waals surface area contributed by atoms with Crippen LogP contribution in [0.2, 0.25) is 0 Å². The van der Waals surface area contributed by atoms with Crippen LogP contribution < -0.4 is 10.1 Å². The third-order valence-electron chi connectivity index (χ3n) is 4.80. The molecule has 1 N–H and O–H groups in total. The molecule has 0 aliphatic heterocycles. The Morgan fingerprint density at radius 1 is 1.12 bits per heavy atom. The predicted octanol–water partition coefficient (Wildman–Crippen LogP) is 5.15. The van der Waals surface area contributed by atoms with Crippen LogP contribution in [0.25, 0.3) is 22.0 Å². The Bertz CT molecular complexity index is 1090. The van der Waals surface area contributed by atoms with Crippen LogP contribution in [-0.4, -0.2) is 54.3 Å². The molecule has 7 nitrogen and oxygen atoms in total. The van der Waals surface area contributed by atoms with E-state index in [9.17, 15) is 4.79 Å². The van der Waals surface area contributed by atoms with Crippen molar-refractivity contribution in [3.8, 4) is 17.0 Å². The Hall–Kier alpha value is -3.19. The van der Waals surface area contributed by atoms with Crippen LogP contribution in [0.3, 0.4) is 0 Å². The normalized spacial score (nSPS) is 11.6. The van der Waals surface area contributed by atoms with Crippen molar-refractivity contribution in [1.29, 1.82) is 0 Å². The molecule has 0 atom stereocenters. The number of anilines is 1. The van der Waals surface area contributed by atoms with Gasteiger partial charge < -0.3 is 14.4 Å². The van der Waals surface area contributed by atoms with E-state index in [2.05, 4.69) is 35.4 Å². The van der Waals surface area contributed by atoms with E-state index in [1.165, 1.54) is 0 Å². The molecule has 0 aliphatic rings. The highest BCUT2D eigenvalue weighted by atomic mass is 16.6. The van der Waals surface area contributed by atoms with Crippen molar-refractivity contribution >= 4 is 22.6 Å². The second kappa shape index (κ2) is 9.96. The summed E-state index contributed by atoms with van der Waals surface area (Å²) in [7, 11) is 5.73. The molecule has 3 aromatic rings. The molecule has 0 fully saturated rings. The lowest BCUT2D eigenvalue weighted by atomic mass is 10.0. The van der Waals surface area contributed by atoms with E-state index in [4.69, 9.17) is 14.5 Å². The molecule has 1 amide bonds. The predicted molar refractivity (Wildman–Crippen MR) is 128 cm³/mol. The first-order valence-electron chi connectivity index (χ1n) is 10.7. The molecule has 2 aromatic carbocycles. The summed E-state index contributed by atoms with van der Waals surface area (Å²) < 4.78 is 10.8. The van der Waals surface area contributed by atoms with Gasteiger partial charge in [0.15, 0.2) is 0 Å². The fourth-order valence-corrected chi connectivity index (χ4v) is 3.36. The van der Waals surface area contributed by atoms with Crippen LogP contribution in [0.4, 0.5) is 10.5 Å². The fraction of sp³-hybridized carbons (Fsp3) is 0.400. The number of nitrogens with zero attached hydrogens (tertiary/aromatic N) is 3. The Kier molecular flexibility index (Phi) is 7.30. The topological polar surface area (TPSA) is 76.6 Å². The van der Waals surface area contributed by atoms with E-state index in [1.54, 1.807) is 13.3 Å². The molecule has 3 rings (SSSR count). The zero-order chi connectivity index (χ0) is 23.3. The monoisotopic (exact) mass is 436 g/mol. The summed E-state index contributed by atoms with van der Waals surface area (Å²) >= 11 is 0. The molecule has 0 saturated heterocycles. The van der Waals surface area contributed by atoms with E-state index in [0.29, 0.717) is 11.4 Å². The number of carbonyl (C=O) groups is 1. The Labute approximate surface area is 189 Å². The minimum Gasteiger partial charge on any atom is -0.497 e. The van der Waals surface area contributed by atoms with Crippen LogP contribution in [0.15, 0.2) is 42.6 Å². The van der Waals surface area contributed by atoms with Crippen molar-refractivity contribution in [3.63, 3.8) is 0 Å². The van der Waals surface area contributed by atoms with Crippen molar-refractivity contribution in [2.45, 2.75) is 39.2 Å². The average molecular weight is 437 g/mol. The van der Waals surface area contributed by atoms with Crippen molar-refractivity contribution in [2.75, 3.05) is 33.1 Å². The van der Waals surface area contributed by atoms with Gasteiger partial charge in [0.05, 0.1) is 18.5 Å². The van der Waals surface area contributed by atoms with E-state index >= 15 is 0 Å². The number of carbonyl (C=O) groups excluding carboxylic acids is 1. The summed E-state index contributed by atoms with van der Waals surface area (Å²) in [5.74, 6) is 1.52. The standard InChI is InChI=1S/C25H32N4O3/c1-25(2,3)32-24(30)28-22-15-18(14-17-9-10-19(31-6)16-20(17)22)21-11-12-26-23(27-21)8-7-13-29(4)5/h9-12,14-16H,7-8,13H2,1-6H3,(H,28,30). The van der Waals surface area contributed by atoms with Gasteiger partial charge in [-0.15, -0.1) is 0 Å². The Morgan fingerprint density at radius 3 is 2.59 bits per heavy atom. The summed E-state index contributed by atoms with van der Waals surface area (Å²) in [4.78, 5) is 23.8. The summed E-state index contributed by atoms with van der Waals surface area (Å²) in [5.41, 5.74) is 1.75. The van der Waals surface area contributed by atoms with Crippen molar-refractivity contribution in [1.82, 2.24) is 14.9 Å². The number of amides is 1. The van der Waals surface area contributed by atoms with Gasteiger partial charge in [0.25, 0.3) is 0 Å². The van der Waals surface area contributed by atoms with Crippen LogP contribution in [0, 0.1) is 0 Å². The molecule has 0 radical (unpaired) electrons. The van der Waals surface area contributed by atoms with Gasteiger partial charge in [-0.05, 0) is 83.6 Å². The molecule has 0 unspecified atom stereocenters. The second-order valence-corrected chi connectivity index (χ2v) is 9.00. The zero-order valence-corrected chi connectivity index (χ0v) is 19.7. The van der Waals surface area contributed by atoms with Crippen LogP contribution >= 0.6 is 0 Å². The average Bonchev–Trinajstić information content (AvgIpc) is 2.72. The molecular formula is C25H32N4O3. The SMILES string of the molecule is COc1ccc2cc(-c3ccnc(CCCN(C)C)n3)cc(NC(=O)OC(C)(C)C)c2c1. The minimum atomic E-state index is -0.594. The number of fused-ring (bicyclic) bond motifs is 1. The lowest BCUT2D eigenvalue weighted by Gasteiger charge is -2.20. The summed E-state index contributed by atoms with van der Waals surface area (Å²) in [6.07, 6.45) is 3.07. The maximum atomic E-state index is 12.5. The molecule has 7 heteroatoms. The fourth-order valence-electron chi connectivity index (χ4n) is 3.36. The number of aromatic nitrogens is 2. The Morgan fingerprint density at radius 2 is 1.91 bits per heavy atom. The molecule has 1 heterocycles. The zero-order valence-electron chi connectivity index (χ0n) is 19.7. The molecule has 32 heavy (non-hydrogen) atoms. The number of rotatable bonds is 7. The molecule has 0 aliphatic carbocycles. The summed E-state index contributed by atoms with van der Waals surface area (Å²) in [6, 6.07) is 11.6. The van der Waals surface area contributed by atoms with Crippen LogP contribution in [0.5, 0.6) is 5.75 Å². The van der Waals surface area contributed by atoms with Crippen molar-refractivity contribution in [2.24, 2.45) is 0 Å². The number of hydrogen-bond acceptors (Lipinski definition) is 6. The molecule has 1 aromatic heterocycles. The van der Waals surface area contributed by atoms with Gasteiger partial charge in [0, 0.05) is 23.6 Å². The quantitative estimate of drug-likeness (QED) is 0.552. The highest BCUT2D eigenvalue weighted by Crippen LogP contribution is 2.33. The number of nitrogens with one attached hydrogen (secondary N) is 1. The molecule has 170 valence electrons. The number of aryl methyl sites for hydroxylation is 1. The highest BCUT2D eigenvalue weighted by Gasteiger charge is 2.18. The lowest BCUT2D eigenvalue weighted by Crippen LogP contribution is -2.27. The van der Waals surface area contributed by atoms with Gasteiger partial charge in [-0.3, -0.25) is 5.32 Å². The first-order valence-corrected chi connectivity index (χ1v) is 10.7. The van der Waals surface area contributed by atoms with Gasteiger partial charge in [0.1, 0.15) is 17.2 Å². The number of benzene rings is 2. The first-order chi connectivity index (χ1) is 15.1. The number of hydrogen-bond donors (Lipinski definition) is 1. The maximum absolute atomic E-state index is 12.5. The van der Waals surface area contributed by atoms with Gasteiger partial charge in [-0.1, -0.05) is 6.07 Å². The maximum Gasteiger partial charge on any atom is 0.412 e. The number of ether oxygens (including phenoxy) is 2. The summed E-state index contributed by atoms with van der Waals surface area (Å²) in [5, 5.41) is 4.72. The van der Waals surface area contributed by atoms with E-state index in [0.717, 1.165) is 47.2 Å². The lowest BCUT2D eigenvalue weighted by molar-refractivity contribution is 0.0636. The minimum absolute atomic E-state index is 0.508. The smallest absolute Gasteiger partial charge is 0.412 e. The third kappa shape index (κ3) is 6.40. The van der Waals surface area contributed by atoms with E-state index < -0.39 is 11.7 Å². The molecule has 0 spiro atoms. The highest BCUT2D eigenvalue weighted by molar-refractivity contribution is 6.03. The molecular weight excluding hydrogens is 404 g/mol. The van der Waals surface area contributed by atoms with Gasteiger partial charge in [-0.25, -0.2) is 14.8 Å². The van der Waals surface area contributed by atoms with Gasteiger partial charge in [0.2, 0.25) is 0 Å².